The highest BCUT2D eigenvalue weighted by Gasteiger charge is 2.38. The minimum Gasteiger partial charge on any atom is -0.475 e. The third kappa shape index (κ3) is 6.02. The number of carboxylic acids is 1. The van der Waals surface area contributed by atoms with Crippen LogP contribution in [-0.4, -0.2) is 59.0 Å². The molecule has 0 bridgehead atoms. The van der Waals surface area contributed by atoms with Crippen LogP contribution in [0.1, 0.15) is 46.6 Å². The fourth-order valence-corrected chi connectivity index (χ4v) is 3.94. The van der Waals surface area contributed by atoms with Gasteiger partial charge in [0.25, 0.3) is 5.91 Å². The van der Waals surface area contributed by atoms with Gasteiger partial charge in [0.05, 0.1) is 35.7 Å². The van der Waals surface area contributed by atoms with Crippen molar-refractivity contribution >= 4 is 23.3 Å². The monoisotopic (exact) mass is 528 g/mol. The zero-order valence-electron chi connectivity index (χ0n) is 20.1. The van der Waals surface area contributed by atoms with Crippen LogP contribution in [0.5, 0.6) is 0 Å². The van der Waals surface area contributed by atoms with Gasteiger partial charge >= 0.3 is 12.1 Å². The van der Waals surface area contributed by atoms with Crippen LogP contribution in [0, 0.1) is 6.92 Å². The van der Waals surface area contributed by atoms with Gasteiger partial charge < -0.3 is 19.7 Å². The maximum Gasteiger partial charge on any atom is 0.490 e. The van der Waals surface area contributed by atoms with Crippen molar-refractivity contribution in [2.45, 2.75) is 38.5 Å². The summed E-state index contributed by atoms with van der Waals surface area (Å²) < 4.78 is 33.7. The fourth-order valence-electron chi connectivity index (χ4n) is 3.94. The maximum absolute atomic E-state index is 13.0. The second-order valence-corrected chi connectivity index (χ2v) is 8.31. The Morgan fingerprint density at radius 3 is 2.50 bits per heavy atom. The molecule has 38 heavy (non-hydrogen) atoms. The minimum atomic E-state index is -5.08. The Labute approximate surface area is 214 Å². The summed E-state index contributed by atoms with van der Waals surface area (Å²) >= 11 is 0. The Morgan fingerprint density at radius 1 is 1.11 bits per heavy atom. The minimum absolute atomic E-state index is 0.00168. The number of fused-ring (bicyclic) bond motifs is 1. The van der Waals surface area contributed by atoms with E-state index in [1.807, 2.05) is 35.7 Å². The van der Waals surface area contributed by atoms with E-state index in [0.29, 0.717) is 23.9 Å². The summed E-state index contributed by atoms with van der Waals surface area (Å²) in [5.74, 6) is -1.49. The molecule has 1 fully saturated rings. The number of nitrogens with zero attached hydrogens (tertiary/aromatic N) is 7. The number of amides is 1. The van der Waals surface area contributed by atoms with E-state index < -0.39 is 12.1 Å². The van der Waals surface area contributed by atoms with Gasteiger partial charge in [-0.05, 0) is 38.0 Å². The van der Waals surface area contributed by atoms with Crippen molar-refractivity contribution in [3.63, 3.8) is 0 Å². The SMILES string of the molecule is Cc1cnc(CNC(=O)c2nc(C3CCCN3c3ncccn3)n3ccccc23)cn1.O=C(O)C(F)(F)F. The molecule has 4 aromatic heterocycles. The van der Waals surface area contributed by atoms with E-state index in [1.54, 1.807) is 30.9 Å². The molecule has 1 saturated heterocycles. The van der Waals surface area contributed by atoms with Crippen LogP contribution in [0.2, 0.25) is 0 Å². The molecule has 198 valence electrons. The van der Waals surface area contributed by atoms with Crippen molar-refractivity contribution in [1.82, 2.24) is 34.6 Å². The van der Waals surface area contributed by atoms with E-state index in [9.17, 15) is 18.0 Å². The lowest BCUT2D eigenvalue weighted by Gasteiger charge is -2.23. The third-order valence-corrected chi connectivity index (χ3v) is 5.66. The molecule has 1 aliphatic heterocycles. The standard InChI is InChI=1S/C22H22N8O.C2HF3O2/c1-15-12-26-16(13-25-15)14-27-21(31)19-17-6-2-3-10-29(17)20(28-19)18-7-4-11-30(18)22-23-8-5-9-24-22;3-2(4,5)1(6)7/h2-3,5-6,8-10,12-13,18H,4,7,11,14H2,1H3,(H,27,31);(H,6,7). The highest BCUT2D eigenvalue weighted by Crippen LogP contribution is 2.34. The molecule has 5 heterocycles. The molecule has 0 spiro atoms. The van der Waals surface area contributed by atoms with Gasteiger partial charge in [0.1, 0.15) is 5.82 Å². The first-order valence-corrected chi connectivity index (χ1v) is 11.5. The predicted octanol–water partition coefficient (Wildman–Crippen LogP) is 3.13. The summed E-state index contributed by atoms with van der Waals surface area (Å²) in [6, 6.07) is 7.58. The molecule has 0 aromatic carbocycles. The average Bonchev–Trinajstić information content (AvgIpc) is 3.54. The number of carbonyl (C=O) groups is 2. The smallest absolute Gasteiger partial charge is 0.475 e. The number of carboxylic acid groups (broad SMARTS) is 1. The lowest BCUT2D eigenvalue weighted by molar-refractivity contribution is -0.192. The Balaban J connectivity index is 0.000000426. The number of alkyl halides is 3. The molecule has 5 rings (SSSR count). The van der Waals surface area contributed by atoms with Crippen LogP contribution in [0.3, 0.4) is 0 Å². The van der Waals surface area contributed by atoms with Gasteiger partial charge in [0.15, 0.2) is 5.69 Å². The Hall–Kier alpha value is -4.62. The molecule has 1 aliphatic rings. The van der Waals surface area contributed by atoms with Crippen molar-refractivity contribution in [2.75, 3.05) is 11.4 Å². The number of hydrogen-bond acceptors (Lipinski definition) is 8. The number of aliphatic carboxylic acids is 1. The summed E-state index contributed by atoms with van der Waals surface area (Å²) in [4.78, 5) is 46.2. The Morgan fingerprint density at radius 2 is 1.84 bits per heavy atom. The third-order valence-electron chi connectivity index (χ3n) is 5.66. The summed E-state index contributed by atoms with van der Waals surface area (Å²) in [5.41, 5.74) is 2.71. The number of pyridine rings is 1. The number of carbonyl (C=O) groups excluding carboxylic acids is 1. The lowest BCUT2D eigenvalue weighted by Crippen LogP contribution is -2.26. The van der Waals surface area contributed by atoms with Crippen LogP contribution >= 0.6 is 0 Å². The van der Waals surface area contributed by atoms with Crippen LogP contribution in [0.15, 0.2) is 55.2 Å². The molecule has 11 nitrogen and oxygen atoms in total. The molecule has 1 atom stereocenters. The number of aromatic nitrogens is 6. The van der Waals surface area contributed by atoms with E-state index in [-0.39, 0.29) is 11.9 Å². The summed E-state index contributed by atoms with van der Waals surface area (Å²) in [5, 5.41) is 10.0. The molecule has 2 N–H and O–H groups in total. The van der Waals surface area contributed by atoms with Gasteiger partial charge in [-0.25, -0.2) is 19.7 Å². The van der Waals surface area contributed by atoms with Crippen LogP contribution < -0.4 is 10.2 Å². The largest absolute Gasteiger partial charge is 0.490 e. The number of aryl methyl sites for hydroxylation is 1. The number of halogens is 3. The molecule has 0 saturated carbocycles. The topological polar surface area (TPSA) is 138 Å². The molecule has 4 aromatic rings. The van der Waals surface area contributed by atoms with Gasteiger partial charge in [-0.15, -0.1) is 0 Å². The van der Waals surface area contributed by atoms with Crippen molar-refractivity contribution in [3.05, 3.63) is 78.2 Å². The van der Waals surface area contributed by atoms with Gasteiger partial charge in [0.2, 0.25) is 5.95 Å². The van der Waals surface area contributed by atoms with Crippen LogP contribution in [0.4, 0.5) is 19.1 Å². The van der Waals surface area contributed by atoms with Crippen LogP contribution in [-0.2, 0) is 11.3 Å². The zero-order valence-corrected chi connectivity index (χ0v) is 20.1. The lowest BCUT2D eigenvalue weighted by atomic mass is 10.2. The van der Waals surface area contributed by atoms with E-state index in [4.69, 9.17) is 14.9 Å². The van der Waals surface area contributed by atoms with Gasteiger partial charge in [-0.3, -0.25) is 14.8 Å². The molecular formula is C24H23F3N8O3. The number of anilines is 1. The molecule has 14 heteroatoms. The highest BCUT2D eigenvalue weighted by molar-refractivity contribution is 5.99. The first-order valence-electron chi connectivity index (χ1n) is 11.5. The molecule has 1 amide bonds. The maximum atomic E-state index is 13.0. The Bertz CT molecular complexity index is 1410. The summed E-state index contributed by atoms with van der Waals surface area (Å²) in [6.45, 7) is 3.02. The fraction of sp³-hybridized carbons (Fsp3) is 0.292. The van der Waals surface area contributed by atoms with E-state index in [0.717, 1.165) is 36.4 Å². The van der Waals surface area contributed by atoms with Crippen LogP contribution in [0.25, 0.3) is 5.52 Å². The quantitative estimate of drug-likeness (QED) is 0.400. The second kappa shape index (κ2) is 11.2. The molecule has 0 radical (unpaired) electrons. The molecular weight excluding hydrogens is 505 g/mol. The van der Waals surface area contributed by atoms with Crippen molar-refractivity contribution in [3.8, 4) is 0 Å². The number of rotatable bonds is 5. The first kappa shape index (κ1) is 26.4. The van der Waals surface area contributed by atoms with Crippen molar-refractivity contribution in [2.24, 2.45) is 0 Å². The summed E-state index contributed by atoms with van der Waals surface area (Å²) in [7, 11) is 0. The van der Waals surface area contributed by atoms with Crippen molar-refractivity contribution in [1.29, 1.82) is 0 Å². The first-order chi connectivity index (χ1) is 18.1. The molecule has 0 aliphatic carbocycles. The zero-order chi connectivity index (χ0) is 27.3. The molecule has 1 unspecified atom stereocenters. The van der Waals surface area contributed by atoms with E-state index in [1.165, 1.54) is 0 Å². The predicted molar refractivity (Wildman–Crippen MR) is 128 cm³/mol. The average molecular weight is 528 g/mol. The van der Waals surface area contributed by atoms with Gasteiger partial charge in [-0.1, -0.05) is 6.07 Å². The highest BCUT2D eigenvalue weighted by atomic mass is 19.4. The normalized spacial score (nSPS) is 15.2. The summed E-state index contributed by atoms with van der Waals surface area (Å²) in [6.07, 6.45) is 5.64. The second-order valence-electron chi connectivity index (χ2n) is 8.31. The van der Waals surface area contributed by atoms with Gasteiger partial charge in [-0.2, -0.15) is 13.2 Å². The number of imidazole rings is 1. The van der Waals surface area contributed by atoms with E-state index in [2.05, 4.69) is 30.2 Å². The van der Waals surface area contributed by atoms with Gasteiger partial charge in [0, 0.05) is 31.3 Å². The number of hydrogen-bond donors (Lipinski definition) is 2. The number of nitrogens with one attached hydrogen (secondary N) is 1. The van der Waals surface area contributed by atoms with Crippen molar-refractivity contribution < 1.29 is 27.9 Å². The Kier molecular flexibility index (Phi) is 7.79. The van der Waals surface area contributed by atoms with E-state index >= 15 is 0 Å².